The molecule has 0 amide bonds. The van der Waals surface area contributed by atoms with Crippen molar-refractivity contribution in [2.24, 2.45) is 0 Å². The predicted molar refractivity (Wildman–Crippen MR) is 148 cm³/mol. The minimum absolute atomic E-state index is 0.247. The Hall–Kier alpha value is -5.03. The molecule has 40 heavy (non-hydrogen) atoms. The molecule has 0 bridgehead atoms. The van der Waals surface area contributed by atoms with Gasteiger partial charge in [0, 0.05) is 12.4 Å². The van der Waals surface area contributed by atoms with E-state index in [9.17, 15) is 0 Å². The second kappa shape index (κ2) is 9.02. The minimum Gasteiger partial charge on any atom is -0.431 e. The Morgan fingerprint density at radius 1 is 0.925 bits per heavy atom. The van der Waals surface area contributed by atoms with Crippen LogP contribution in [0.5, 0.6) is 11.8 Å². The second-order valence-corrected chi connectivity index (χ2v) is 10.3. The first-order chi connectivity index (χ1) is 19.7. The number of ether oxygens (including phenoxy) is 1. The first-order valence-electron chi connectivity index (χ1n) is 12.7. The number of benzene rings is 2. The van der Waals surface area contributed by atoms with E-state index in [-0.39, 0.29) is 5.92 Å². The molecule has 0 N–H and O–H groups in total. The van der Waals surface area contributed by atoms with Crippen LogP contribution in [0.1, 0.15) is 34.1 Å². The molecule has 10 nitrogen and oxygen atoms in total. The van der Waals surface area contributed by atoms with Gasteiger partial charge < -0.3 is 9.15 Å². The summed E-state index contributed by atoms with van der Waals surface area (Å²) in [4.78, 5) is 18.6. The van der Waals surface area contributed by atoms with Gasteiger partial charge in [0.05, 0.1) is 34.2 Å². The summed E-state index contributed by atoms with van der Waals surface area (Å²) < 4.78 is 15.9. The van der Waals surface area contributed by atoms with Gasteiger partial charge in [-0.2, -0.15) is 5.10 Å². The number of thioether (sulfide) groups is 1. The van der Waals surface area contributed by atoms with E-state index in [4.69, 9.17) is 24.3 Å². The lowest BCUT2D eigenvalue weighted by Gasteiger charge is -2.26. The normalized spacial score (nSPS) is 14.3. The molecule has 0 radical (unpaired) electrons. The zero-order chi connectivity index (χ0) is 26.6. The van der Waals surface area contributed by atoms with E-state index in [0.29, 0.717) is 34.2 Å². The fourth-order valence-electron chi connectivity index (χ4n) is 5.15. The molecule has 1 aliphatic rings. The van der Waals surface area contributed by atoms with Crippen LogP contribution in [0.25, 0.3) is 22.4 Å². The maximum atomic E-state index is 6.47. The lowest BCUT2D eigenvalue weighted by atomic mass is 9.85. The topological polar surface area (TPSA) is 109 Å². The molecule has 11 heteroatoms. The highest BCUT2D eigenvalue weighted by molar-refractivity contribution is 7.98. The monoisotopic (exact) mass is 544 g/mol. The molecule has 7 aromatic rings. The Morgan fingerprint density at radius 3 is 2.65 bits per heavy atom. The van der Waals surface area contributed by atoms with Gasteiger partial charge in [0.1, 0.15) is 11.8 Å². The summed E-state index contributed by atoms with van der Waals surface area (Å²) >= 11 is 1.45. The van der Waals surface area contributed by atoms with Crippen LogP contribution in [0.15, 0.2) is 95.1 Å². The Kier molecular flexibility index (Phi) is 5.17. The number of aromatic nitrogens is 8. The standard InChI is InChI=1S/C29H20N8O2S/c1-17-23-24(18-8-7-13-30-14-18)25-26-33-22(15-40-29-32-20-11-5-6-12-21(20)38-29)35-36(26)16-31-27(25)39-28(23)37(34-17)19-9-3-2-4-10-19/h2-14,16,24H,15H2,1H3/t24-/m0/s1. The average molecular weight is 545 g/mol. The predicted octanol–water partition coefficient (Wildman–Crippen LogP) is 5.73. The van der Waals surface area contributed by atoms with Crippen molar-refractivity contribution in [1.29, 1.82) is 0 Å². The smallest absolute Gasteiger partial charge is 0.257 e. The Bertz CT molecular complexity index is 1980. The molecule has 6 heterocycles. The summed E-state index contributed by atoms with van der Waals surface area (Å²) in [5, 5.41) is 10.2. The van der Waals surface area contributed by atoms with Crippen LogP contribution in [0, 0.1) is 6.92 Å². The summed E-state index contributed by atoms with van der Waals surface area (Å²) in [6, 6.07) is 21.6. The largest absolute Gasteiger partial charge is 0.431 e. The highest BCUT2D eigenvalue weighted by atomic mass is 32.2. The average Bonchev–Trinajstić information content (AvgIpc) is 3.70. The van der Waals surface area contributed by atoms with E-state index in [1.807, 2.05) is 78.5 Å². The molecule has 0 fully saturated rings. The van der Waals surface area contributed by atoms with Crippen molar-refractivity contribution in [2.45, 2.75) is 23.8 Å². The van der Waals surface area contributed by atoms with Crippen LogP contribution in [-0.4, -0.2) is 39.3 Å². The Balaban J connectivity index is 1.24. The minimum atomic E-state index is -0.247. The number of hydrogen-bond donors (Lipinski definition) is 0. The Labute approximate surface area is 231 Å². The number of nitrogens with zero attached hydrogens (tertiary/aromatic N) is 8. The third kappa shape index (κ3) is 3.66. The number of pyridine rings is 1. The Morgan fingerprint density at radius 2 is 1.80 bits per heavy atom. The van der Waals surface area contributed by atoms with Crippen LogP contribution in [0.2, 0.25) is 0 Å². The zero-order valence-corrected chi connectivity index (χ0v) is 22.0. The van der Waals surface area contributed by atoms with Gasteiger partial charge in [-0.1, -0.05) is 48.2 Å². The number of oxazole rings is 1. The van der Waals surface area contributed by atoms with Gasteiger partial charge in [0.2, 0.25) is 11.8 Å². The SMILES string of the molecule is Cc1nn(-c2ccccc2)c2c1[C@H](c1cccnc1)c1c(ncn3nc(CSc4nc5ccccc5o4)nc13)O2. The molecule has 0 spiro atoms. The van der Waals surface area contributed by atoms with Crippen molar-refractivity contribution in [2.75, 3.05) is 0 Å². The van der Waals surface area contributed by atoms with Crippen LogP contribution < -0.4 is 4.74 Å². The quantitative estimate of drug-likeness (QED) is 0.251. The van der Waals surface area contributed by atoms with E-state index in [1.54, 1.807) is 17.0 Å². The number of hydrogen-bond acceptors (Lipinski definition) is 9. The molecule has 5 aromatic heterocycles. The van der Waals surface area contributed by atoms with E-state index in [1.165, 1.54) is 11.8 Å². The first-order valence-corrected chi connectivity index (χ1v) is 13.7. The molecule has 1 aliphatic heterocycles. The lowest BCUT2D eigenvalue weighted by Crippen LogP contribution is -2.16. The summed E-state index contributed by atoms with van der Waals surface area (Å²) in [6.07, 6.45) is 5.27. The van der Waals surface area contributed by atoms with Crippen molar-refractivity contribution in [3.63, 3.8) is 0 Å². The summed E-state index contributed by atoms with van der Waals surface area (Å²) in [5.74, 6) is 1.97. The number of para-hydroxylation sites is 3. The number of rotatable bonds is 5. The molecule has 194 valence electrons. The van der Waals surface area contributed by atoms with Crippen molar-refractivity contribution < 1.29 is 9.15 Å². The molecule has 8 rings (SSSR count). The number of aryl methyl sites for hydroxylation is 1. The van der Waals surface area contributed by atoms with E-state index >= 15 is 0 Å². The van der Waals surface area contributed by atoms with Crippen LogP contribution in [0.3, 0.4) is 0 Å². The third-order valence-electron chi connectivity index (χ3n) is 6.88. The van der Waals surface area contributed by atoms with Crippen LogP contribution in [0.4, 0.5) is 0 Å². The molecule has 0 saturated carbocycles. The summed E-state index contributed by atoms with van der Waals surface area (Å²) in [7, 11) is 0. The maximum Gasteiger partial charge on any atom is 0.257 e. The summed E-state index contributed by atoms with van der Waals surface area (Å²) in [5.41, 5.74) is 6.77. The van der Waals surface area contributed by atoms with Crippen molar-refractivity contribution in [1.82, 2.24) is 39.3 Å². The second-order valence-electron chi connectivity index (χ2n) is 9.37. The summed E-state index contributed by atoms with van der Waals surface area (Å²) in [6.45, 7) is 2.00. The van der Waals surface area contributed by atoms with E-state index in [2.05, 4.69) is 21.0 Å². The van der Waals surface area contributed by atoms with Gasteiger partial charge in [0.25, 0.3) is 5.22 Å². The van der Waals surface area contributed by atoms with Crippen molar-refractivity contribution >= 4 is 28.5 Å². The highest BCUT2D eigenvalue weighted by Gasteiger charge is 2.38. The van der Waals surface area contributed by atoms with Crippen LogP contribution in [-0.2, 0) is 5.75 Å². The molecular weight excluding hydrogens is 524 g/mol. The van der Waals surface area contributed by atoms with Crippen molar-refractivity contribution in [3.05, 3.63) is 114 Å². The van der Waals surface area contributed by atoms with Gasteiger partial charge in [-0.25, -0.2) is 24.1 Å². The molecule has 0 aliphatic carbocycles. The third-order valence-corrected chi connectivity index (χ3v) is 7.71. The van der Waals surface area contributed by atoms with Gasteiger partial charge in [-0.05, 0) is 42.8 Å². The fraction of sp³-hybridized carbons (Fsp3) is 0.103. The van der Waals surface area contributed by atoms with E-state index in [0.717, 1.165) is 39.2 Å². The lowest BCUT2D eigenvalue weighted by molar-refractivity contribution is 0.402. The molecular formula is C29H20N8O2S. The zero-order valence-electron chi connectivity index (χ0n) is 21.2. The van der Waals surface area contributed by atoms with Crippen LogP contribution >= 0.6 is 11.8 Å². The first kappa shape index (κ1) is 22.9. The van der Waals surface area contributed by atoms with Gasteiger partial charge in [-0.3, -0.25) is 4.98 Å². The molecule has 0 unspecified atom stereocenters. The van der Waals surface area contributed by atoms with Gasteiger partial charge in [-0.15, -0.1) is 5.10 Å². The maximum absolute atomic E-state index is 6.47. The fourth-order valence-corrected chi connectivity index (χ4v) is 5.83. The van der Waals surface area contributed by atoms with Gasteiger partial charge in [0.15, 0.2) is 17.1 Å². The molecule has 0 saturated heterocycles. The molecule has 1 atom stereocenters. The highest BCUT2D eigenvalue weighted by Crippen LogP contribution is 2.49. The van der Waals surface area contributed by atoms with E-state index < -0.39 is 0 Å². The molecule has 2 aromatic carbocycles. The number of fused-ring (bicyclic) bond motifs is 5. The van der Waals surface area contributed by atoms with Crippen molar-refractivity contribution in [3.8, 4) is 17.4 Å². The van der Waals surface area contributed by atoms with Gasteiger partial charge >= 0.3 is 0 Å².